The van der Waals surface area contributed by atoms with E-state index in [1.807, 2.05) is 0 Å². The van der Waals surface area contributed by atoms with Gasteiger partial charge in [-0.15, -0.1) is 0 Å². The van der Waals surface area contributed by atoms with Crippen LogP contribution >= 0.6 is 0 Å². The van der Waals surface area contributed by atoms with E-state index in [1.165, 1.54) is 37.0 Å². The standard InChI is InChI=1S/C22H16F4N6O4/c1-11(13-7-14(22(24,25)26)9-15(8-13)32(35)36)28-21(34)16-4-6-18(33)31(29-16)17-5-3-12-10-27-30(2)20(12)19(17)23/h3-11H,1-2H3,(H,28,34)/t11-/m1/s1. The molecule has 186 valence electrons. The van der Waals surface area contributed by atoms with E-state index in [4.69, 9.17) is 0 Å². The Morgan fingerprint density at radius 1 is 1.17 bits per heavy atom. The van der Waals surface area contributed by atoms with E-state index >= 15 is 4.39 Å². The number of halogens is 4. The molecule has 0 saturated heterocycles. The number of alkyl halides is 3. The number of nitrogens with one attached hydrogen (secondary N) is 1. The van der Waals surface area contributed by atoms with Gasteiger partial charge in [0.15, 0.2) is 5.82 Å². The molecule has 0 saturated carbocycles. The molecule has 4 aromatic rings. The molecule has 4 rings (SSSR count). The molecule has 0 unspecified atom stereocenters. The van der Waals surface area contributed by atoms with Crippen LogP contribution in [0.25, 0.3) is 16.6 Å². The lowest BCUT2D eigenvalue weighted by atomic mass is 10.0. The topological polar surface area (TPSA) is 125 Å². The number of benzene rings is 2. The number of nitro benzene ring substituents is 1. The number of aromatic nitrogens is 4. The number of amides is 1. The summed E-state index contributed by atoms with van der Waals surface area (Å²) in [6.45, 7) is 1.32. The van der Waals surface area contributed by atoms with Crippen LogP contribution in [0, 0.1) is 15.9 Å². The molecule has 10 nitrogen and oxygen atoms in total. The molecule has 0 bridgehead atoms. The third kappa shape index (κ3) is 4.52. The molecule has 0 aliphatic carbocycles. The zero-order chi connectivity index (χ0) is 26.4. The highest BCUT2D eigenvalue weighted by molar-refractivity contribution is 5.92. The Morgan fingerprint density at radius 2 is 1.89 bits per heavy atom. The fraction of sp³-hybridized carbons (Fsp3) is 0.182. The molecule has 1 atom stereocenters. The Morgan fingerprint density at radius 3 is 2.56 bits per heavy atom. The average molecular weight is 504 g/mol. The summed E-state index contributed by atoms with van der Waals surface area (Å²) < 4.78 is 56.6. The van der Waals surface area contributed by atoms with Crippen molar-refractivity contribution < 1.29 is 27.3 Å². The van der Waals surface area contributed by atoms with Gasteiger partial charge in [0.1, 0.15) is 16.9 Å². The first-order valence-corrected chi connectivity index (χ1v) is 10.2. The lowest BCUT2D eigenvalue weighted by Crippen LogP contribution is -2.31. The number of aryl methyl sites for hydroxylation is 1. The Labute approximate surface area is 198 Å². The van der Waals surface area contributed by atoms with Crippen LogP contribution in [0.1, 0.15) is 34.6 Å². The number of fused-ring (bicyclic) bond motifs is 1. The quantitative estimate of drug-likeness (QED) is 0.251. The first-order valence-electron chi connectivity index (χ1n) is 10.2. The molecular weight excluding hydrogens is 488 g/mol. The van der Waals surface area contributed by atoms with E-state index in [1.54, 1.807) is 0 Å². The number of nitro groups is 1. The number of hydrogen-bond acceptors (Lipinski definition) is 6. The van der Waals surface area contributed by atoms with E-state index in [-0.39, 0.29) is 22.5 Å². The zero-order valence-electron chi connectivity index (χ0n) is 18.6. The van der Waals surface area contributed by atoms with Gasteiger partial charge < -0.3 is 5.32 Å². The molecule has 1 amide bonds. The first-order chi connectivity index (χ1) is 16.9. The van der Waals surface area contributed by atoms with Crippen LogP contribution < -0.4 is 10.9 Å². The number of rotatable bonds is 5. The lowest BCUT2D eigenvalue weighted by Gasteiger charge is -2.16. The monoisotopic (exact) mass is 504 g/mol. The Balaban J connectivity index is 1.67. The largest absolute Gasteiger partial charge is 0.416 e. The Kier molecular flexibility index (Phi) is 6.04. The highest BCUT2D eigenvalue weighted by atomic mass is 19.4. The molecule has 2 heterocycles. The summed E-state index contributed by atoms with van der Waals surface area (Å²) in [5, 5.41) is 21.8. The number of nitrogens with zero attached hydrogens (tertiary/aromatic N) is 5. The molecular formula is C22H16F4N6O4. The van der Waals surface area contributed by atoms with Crippen LogP contribution in [0.4, 0.5) is 23.2 Å². The second-order valence-electron chi connectivity index (χ2n) is 7.84. The molecule has 2 aromatic heterocycles. The number of carbonyl (C=O) groups is 1. The molecule has 0 spiro atoms. The fourth-order valence-corrected chi connectivity index (χ4v) is 3.58. The van der Waals surface area contributed by atoms with Gasteiger partial charge in [-0.25, -0.2) is 4.39 Å². The lowest BCUT2D eigenvalue weighted by molar-refractivity contribution is -0.385. The van der Waals surface area contributed by atoms with Crippen LogP contribution in [0.15, 0.2) is 53.5 Å². The average Bonchev–Trinajstić information content (AvgIpc) is 3.20. The van der Waals surface area contributed by atoms with Crippen LogP contribution in [0.3, 0.4) is 0 Å². The van der Waals surface area contributed by atoms with Gasteiger partial charge in [0.25, 0.3) is 17.2 Å². The van der Waals surface area contributed by atoms with Crippen molar-refractivity contribution in [3.05, 3.63) is 91.8 Å². The highest BCUT2D eigenvalue weighted by Crippen LogP contribution is 2.34. The summed E-state index contributed by atoms with van der Waals surface area (Å²) in [4.78, 5) is 35.3. The van der Waals surface area contributed by atoms with Gasteiger partial charge in [-0.2, -0.15) is 28.1 Å². The van der Waals surface area contributed by atoms with Gasteiger partial charge in [0.05, 0.1) is 22.7 Å². The van der Waals surface area contributed by atoms with Crippen molar-refractivity contribution in [1.29, 1.82) is 0 Å². The Bertz CT molecular complexity index is 1580. The van der Waals surface area contributed by atoms with E-state index < -0.39 is 45.7 Å². The van der Waals surface area contributed by atoms with E-state index in [0.717, 1.165) is 18.2 Å². The molecule has 0 aliphatic rings. The SMILES string of the molecule is C[C@@H](NC(=O)c1ccc(=O)n(-c2ccc3cnn(C)c3c2F)n1)c1cc([N+](=O)[O-])cc(C(F)(F)F)c1. The minimum Gasteiger partial charge on any atom is -0.344 e. The predicted molar refractivity (Wildman–Crippen MR) is 118 cm³/mol. The van der Waals surface area contributed by atoms with Gasteiger partial charge in [-0.3, -0.25) is 24.4 Å². The van der Waals surface area contributed by atoms with Crippen molar-refractivity contribution in [3.63, 3.8) is 0 Å². The van der Waals surface area contributed by atoms with Crippen LogP contribution in [0.5, 0.6) is 0 Å². The molecule has 2 aromatic carbocycles. The van der Waals surface area contributed by atoms with Crippen LogP contribution in [-0.2, 0) is 13.2 Å². The minimum absolute atomic E-state index is 0.107. The fourth-order valence-electron chi connectivity index (χ4n) is 3.58. The number of hydrogen-bond donors (Lipinski definition) is 1. The van der Waals surface area contributed by atoms with E-state index in [9.17, 15) is 32.9 Å². The summed E-state index contributed by atoms with van der Waals surface area (Å²) >= 11 is 0. The zero-order valence-corrected chi connectivity index (χ0v) is 18.6. The molecule has 1 N–H and O–H groups in total. The van der Waals surface area contributed by atoms with Crippen LogP contribution in [-0.4, -0.2) is 30.4 Å². The first kappa shape index (κ1) is 24.5. The highest BCUT2D eigenvalue weighted by Gasteiger charge is 2.33. The van der Waals surface area contributed by atoms with Gasteiger partial charge in [-0.05, 0) is 36.8 Å². The summed E-state index contributed by atoms with van der Waals surface area (Å²) in [6.07, 6.45) is -3.41. The smallest absolute Gasteiger partial charge is 0.344 e. The predicted octanol–water partition coefficient (Wildman–Crippen LogP) is 3.68. The van der Waals surface area contributed by atoms with E-state index in [0.29, 0.717) is 22.2 Å². The van der Waals surface area contributed by atoms with Gasteiger partial charge in [0, 0.05) is 30.6 Å². The Hall–Kier alpha value is -4.62. The summed E-state index contributed by atoms with van der Waals surface area (Å²) in [6, 6.07) is 5.73. The second kappa shape index (κ2) is 8.87. The maximum Gasteiger partial charge on any atom is 0.416 e. The van der Waals surface area contributed by atoms with Gasteiger partial charge in [0.2, 0.25) is 0 Å². The number of carbonyl (C=O) groups excluding carboxylic acids is 1. The van der Waals surface area contributed by atoms with Crippen LogP contribution in [0.2, 0.25) is 0 Å². The van der Waals surface area contributed by atoms with Crippen molar-refractivity contribution in [2.45, 2.75) is 19.1 Å². The summed E-state index contributed by atoms with van der Waals surface area (Å²) in [5.74, 6) is -1.71. The summed E-state index contributed by atoms with van der Waals surface area (Å²) in [7, 11) is 1.51. The second-order valence-corrected chi connectivity index (χ2v) is 7.84. The third-order valence-electron chi connectivity index (χ3n) is 5.41. The summed E-state index contributed by atoms with van der Waals surface area (Å²) in [5.41, 5.74) is -3.44. The van der Waals surface area contributed by atoms with Gasteiger partial charge in [-0.1, -0.05) is 0 Å². The molecule has 0 aliphatic heterocycles. The maximum absolute atomic E-state index is 15.1. The van der Waals surface area contributed by atoms with Crippen molar-refractivity contribution in [2.24, 2.45) is 7.05 Å². The molecule has 0 fully saturated rings. The van der Waals surface area contributed by atoms with Gasteiger partial charge >= 0.3 is 6.18 Å². The molecule has 14 heteroatoms. The van der Waals surface area contributed by atoms with Crippen molar-refractivity contribution in [3.8, 4) is 5.69 Å². The van der Waals surface area contributed by atoms with Crippen molar-refractivity contribution in [2.75, 3.05) is 0 Å². The minimum atomic E-state index is -4.85. The maximum atomic E-state index is 15.1. The van der Waals surface area contributed by atoms with E-state index in [2.05, 4.69) is 15.5 Å². The van der Waals surface area contributed by atoms with Crippen molar-refractivity contribution in [1.82, 2.24) is 24.9 Å². The molecule has 0 radical (unpaired) electrons. The number of non-ortho nitro benzene ring substituents is 1. The molecule has 36 heavy (non-hydrogen) atoms. The normalized spacial score (nSPS) is 12.5. The third-order valence-corrected chi connectivity index (χ3v) is 5.41. The van der Waals surface area contributed by atoms with Crippen molar-refractivity contribution >= 4 is 22.5 Å².